The Morgan fingerprint density at radius 3 is 1.53 bits per heavy atom. The van der Waals surface area contributed by atoms with Crippen LogP contribution >= 0.6 is 0 Å². The van der Waals surface area contributed by atoms with Gasteiger partial charge in [0.15, 0.2) is 5.58 Å². The lowest BCUT2D eigenvalue weighted by Gasteiger charge is -2.44. The number of anilines is 9. The quantitative estimate of drug-likeness (QED) is 0.165. The molecule has 266 valence electrons. The van der Waals surface area contributed by atoms with Crippen molar-refractivity contribution in [3.05, 3.63) is 206 Å². The van der Waals surface area contributed by atoms with Gasteiger partial charge in [-0.2, -0.15) is 0 Å². The normalized spacial score (nSPS) is 12.8. The third kappa shape index (κ3) is 4.69. The van der Waals surface area contributed by atoms with Gasteiger partial charge in [0.2, 0.25) is 0 Å². The molecule has 57 heavy (non-hydrogen) atoms. The van der Waals surface area contributed by atoms with Crippen LogP contribution in [0.5, 0.6) is 0 Å². The SMILES string of the molecule is c1ccc(N2c3ccccc3B3c4ccccc4N(c4ccccc4)c4c3c2cc2c4oc3cc(N(c4ccccc4)c4ccccc4)c4ccccc4c32)cc1. The third-order valence-corrected chi connectivity index (χ3v) is 11.8. The second-order valence-corrected chi connectivity index (χ2v) is 14.9. The molecule has 3 heterocycles. The van der Waals surface area contributed by atoms with Gasteiger partial charge in [-0.15, -0.1) is 0 Å². The van der Waals surface area contributed by atoms with Crippen molar-refractivity contribution in [2.75, 3.05) is 14.7 Å². The fourth-order valence-electron chi connectivity index (χ4n) is 9.50. The number of fused-ring (bicyclic) bond motifs is 10. The molecule has 2 aliphatic heterocycles. The van der Waals surface area contributed by atoms with Crippen molar-refractivity contribution >= 4 is 107 Å². The summed E-state index contributed by atoms with van der Waals surface area (Å²) in [5, 5.41) is 4.50. The molecule has 0 aliphatic carbocycles. The van der Waals surface area contributed by atoms with E-state index in [1.54, 1.807) is 0 Å². The summed E-state index contributed by atoms with van der Waals surface area (Å²) in [5.74, 6) is 0. The van der Waals surface area contributed by atoms with Gasteiger partial charge >= 0.3 is 0 Å². The zero-order valence-electron chi connectivity index (χ0n) is 31.0. The number of furan rings is 1. The monoisotopic (exact) mass is 727 g/mol. The number of para-hydroxylation sites is 6. The summed E-state index contributed by atoms with van der Waals surface area (Å²) in [5.41, 5.74) is 15.6. The van der Waals surface area contributed by atoms with E-state index in [0.717, 1.165) is 78.2 Å². The Hall–Kier alpha value is -7.50. The Labute approximate surface area is 331 Å². The molecule has 0 saturated heterocycles. The Kier molecular flexibility index (Phi) is 6.99. The maximum absolute atomic E-state index is 7.40. The predicted octanol–water partition coefficient (Wildman–Crippen LogP) is 12.3. The Morgan fingerprint density at radius 1 is 0.421 bits per heavy atom. The van der Waals surface area contributed by atoms with E-state index in [1.807, 2.05) is 0 Å². The lowest BCUT2D eigenvalue weighted by molar-refractivity contribution is 0.669. The lowest BCUT2D eigenvalue weighted by Crippen LogP contribution is -2.61. The molecule has 0 fully saturated rings. The summed E-state index contributed by atoms with van der Waals surface area (Å²) in [6, 6.07) is 74.1. The van der Waals surface area contributed by atoms with Crippen molar-refractivity contribution < 1.29 is 4.42 Å². The molecule has 0 unspecified atom stereocenters. The minimum Gasteiger partial charge on any atom is -0.454 e. The minimum atomic E-state index is -0.00102. The average molecular weight is 728 g/mol. The zero-order valence-corrected chi connectivity index (χ0v) is 31.0. The summed E-state index contributed by atoms with van der Waals surface area (Å²) in [6.45, 7) is -0.00102. The first-order valence-electron chi connectivity index (χ1n) is 19.6. The van der Waals surface area contributed by atoms with E-state index in [1.165, 1.54) is 22.1 Å². The van der Waals surface area contributed by atoms with Gasteiger partial charge in [-0.1, -0.05) is 133 Å². The fourth-order valence-corrected chi connectivity index (χ4v) is 9.50. The van der Waals surface area contributed by atoms with Crippen molar-refractivity contribution in [2.24, 2.45) is 0 Å². The number of rotatable bonds is 5. The largest absolute Gasteiger partial charge is 0.454 e. The second kappa shape index (κ2) is 12.5. The van der Waals surface area contributed by atoms with Crippen LogP contribution in [-0.2, 0) is 0 Å². The molecule has 0 radical (unpaired) electrons. The van der Waals surface area contributed by atoms with Crippen LogP contribution in [0.2, 0.25) is 0 Å². The number of nitrogens with zero attached hydrogens (tertiary/aromatic N) is 3. The highest BCUT2D eigenvalue weighted by Crippen LogP contribution is 2.51. The summed E-state index contributed by atoms with van der Waals surface area (Å²) in [7, 11) is 0. The van der Waals surface area contributed by atoms with Crippen LogP contribution in [0.1, 0.15) is 0 Å². The molecule has 0 amide bonds. The second-order valence-electron chi connectivity index (χ2n) is 14.9. The van der Waals surface area contributed by atoms with E-state index in [2.05, 4.69) is 221 Å². The van der Waals surface area contributed by atoms with Crippen LogP contribution in [0.15, 0.2) is 211 Å². The first-order chi connectivity index (χ1) is 28.3. The van der Waals surface area contributed by atoms with E-state index in [0.29, 0.717) is 0 Å². The molecule has 0 saturated carbocycles. The van der Waals surface area contributed by atoms with E-state index in [9.17, 15) is 0 Å². The maximum atomic E-state index is 7.40. The average Bonchev–Trinajstić information content (AvgIpc) is 3.66. The van der Waals surface area contributed by atoms with Gasteiger partial charge < -0.3 is 19.1 Å². The Morgan fingerprint density at radius 2 is 0.912 bits per heavy atom. The standard InChI is InChI=1S/C52H34BN3O/c1-5-19-35(20-6-1)54(36-21-7-2-8-22-36)46-34-48-49(40-28-14-13-27-39(40)46)41-33-47-50-51(52(41)57-48)56(38-25-11-4-12-26-38)45-32-18-16-30-43(45)53(50)42-29-15-17-31-44(42)55(47)37-23-9-3-10-24-37/h1-34H. The van der Waals surface area contributed by atoms with Crippen LogP contribution in [0.25, 0.3) is 32.7 Å². The first-order valence-corrected chi connectivity index (χ1v) is 19.6. The van der Waals surface area contributed by atoms with Gasteiger partial charge in [-0.05, 0) is 88.5 Å². The highest BCUT2D eigenvalue weighted by molar-refractivity contribution is 7.00. The number of benzene rings is 9. The fraction of sp³-hybridized carbons (Fsp3) is 0. The molecule has 1 aromatic heterocycles. The van der Waals surface area contributed by atoms with E-state index in [4.69, 9.17) is 4.42 Å². The van der Waals surface area contributed by atoms with Gasteiger partial charge in [-0.3, -0.25) is 0 Å². The van der Waals surface area contributed by atoms with Crippen molar-refractivity contribution in [1.82, 2.24) is 0 Å². The molecule has 2 aliphatic rings. The van der Waals surface area contributed by atoms with Crippen molar-refractivity contribution in [2.45, 2.75) is 0 Å². The molecule has 4 nitrogen and oxygen atoms in total. The zero-order chi connectivity index (χ0) is 37.5. The molecule has 10 aromatic rings. The summed E-state index contributed by atoms with van der Waals surface area (Å²) >= 11 is 0. The van der Waals surface area contributed by atoms with E-state index < -0.39 is 0 Å². The van der Waals surface area contributed by atoms with Crippen LogP contribution < -0.4 is 31.1 Å². The highest BCUT2D eigenvalue weighted by Gasteiger charge is 2.45. The Bertz CT molecular complexity index is 3100. The summed E-state index contributed by atoms with van der Waals surface area (Å²) in [4.78, 5) is 7.25. The third-order valence-electron chi connectivity index (χ3n) is 11.8. The molecule has 0 bridgehead atoms. The first kappa shape index (κ1) is 31.8. The van der Waals surface area contributed by atoms with Gasteiger partial charge in [0.05, 0.1) is 11.4 Å². The smallest absolute Gasteiger partial charge is 0.252 e. The molecule has 0 N–H and O–H groups in total. The molecular weight excluding hydrogens is 693 g/mol. The molecular formula is C52H34BN3O. The molecule has 5 heteroatoms. The molecule has 0 atom stereocenters. The number of hydrogen-bond donors (Lipinski definition) is 0. The van der Waals surface area contributed by atoms with Crippen molar-refractivity contribution in [1.29, 1.82) is 0 Å². The van der Waals surface area contributed by atoms with Gasteiger partial charge in [0.1, 0.15) is 5.58 Å². The summed E-state index contributed by atoms with van der Waals surface area (Å²) < 4.78 is 7.40. The molecule has 0 spiro atoms. The Balaban J connectivity index is 1.25. The summed E-state index contributed by atoms with van der Waals surface area (Å²) in [6.07, 6.45) is 0. The van der Waals surface area contributed by atoms with Crippen LogP contribution in [0.3, 0.4) is 0 Å². The highest BCUT2D eigenvalue weighted by atomic mass is 16.3. The van der Waals surface area contributed by atoms with Gasteiger partial charge in [0, 0.05) is 62.0 Å². The van der Waals surface area contributed by atoms with Crippen molar-refractivity contribution in [3.63, 3.8) is 0 Å². The van der Waals surface area contributed by atoms with Crippen molar-refractivity contribution in [3.8, 4) is 0 Å². The molecule has 12 rings (SSSR count). The van der Waals surface area contributed by atoms with Gasteiger partial charge in [0.25, 0.3) is 6.71 Å². The lowest BCUT2D eigenvalue weighted by atomic mass is 9.33. The van der Waals surface area contributed by atoms with E-state index >= 15 is 0 Å². The van der Waals surface area contributed by atoms with Crippen LogP contribution in [0, 0.1) is 0 Å². The maximum Gasteiger partial charge on any atom is 0.252 e. The minimum absolute atomic E-state index is 0.00102. The van der Waals surface area contributed by atoms with Crippen LogP contribution in [0.4, 0.5) is 51.2 Å². The predicted molar refractivity (Wildman–Crippen MR) is 240 cm³/mol. The molecule has 9 aromatic carbocycles. The van der Waals surface area contributed by atoms with E-state index in [-0.39, 0.29) is 6.71 Å². The van der Waals surface area contributed by atoms with Crippen LogP contribution in [-0.4, -0.2) is 6.71 Å². The van der Waals surface area contributed by atoms with Gasteiger partial charge in [-0.25, -0.2) is 0 Å². The topological polar surface area (TPSA) is 22.9 Å². The number of hydrogen-bond acceptors (Lipinski definition) is 4.